The fourth-order valence-electron chi connectivity index (χ4n) is 2.08. The van der Waals surface area contributed by atoms with E-state index in [4.69, 9.17) is 0 Å². The van der Waals surface area contributed by atoms with E-state index >= 15 is 0 Å². The van der Waals surface area contributed by atoms with Gasteiger partial charge in [0.2, 0.25) is 15.9 Å². The summed E-state index contributed by atoms with van der Waals surface area (Å²) in [5.74, 6) is -3.44. The summed E-state index contributed by atoms with van der Waals surface area (Å²) in [6.45, 7) is -0.521. The summed E-state index contributed by atoms with van der Waals surface area (Å²) in [7, 11) is -3.63. The standard InChI is InChI=1S/C13H17F2N3O3S/c14-13(15)8-11(17-9-13)12(19)16-6-7-18-22(20,21)10-4-2-1-3-5-10/h1-5,11,17-18H,6-9H2,(H,16,19). The fourth-order valence-corrected chi connectivity index (χ4v) is 3.13. The number of amides is 1. The van der Waals surface area contributed by atoms with Gasteiger partial charge >= 0.3 is 0 Å². The highest BCUT2D eigenvalue weighted by Crippen LogP contribution is 2.24. The first-order valence-corrected chi connectivity index (χ1v) is 8.22. The predicted octanol–water partition coefficient (Wildman–Crippen LogP) is 0.0783. The highest BCUT2D eigenvalue weighted by molar-refractivity contribution is 7.89. The van der Waals surface area contributed by atoms with Gasteiger partial charge in [-0.05, 0) is 12.1 Å². The molecule has 3 N–H and O–H groups in total. The van der Waals surface area contributed by atoms with Crippen molar-refractivity contribution in [1.29, 1.82) is 0 Å². The molecule has 2 rings (SSSR count). The molecule has 1 aliphatic heterocycles. The Morgan fingerprint density at radius 3 is 2.55 bits per heavy atom. The van der Waals surface area contributed by atoms with Gasteiger partial charge in [-0.15, -0.1) is 0 Å². The number of carbonyl (C=O) groups excluding carboxylic acids is 1. The van der Waals surface area contributed by atoms with Crippen LogP contribution in [0.2, 0.25) is 0 Å². The van der Waals surface area contributed by atoms with Gasteiger partial charge in [0.05, 0.1) is 17.5 Å². The third kappa shape index (κ3) is 4.46. The molecule has 1 aliphatic rings. The molecule has 1 fully saturated rings. The number of alkyl halides is 2. The molecule has 0 saturated carbocycles. The number of hydrogen-bond donors (Lipinski definition) is 3. The van der Waals surface area contributed by atoms with Crippen molar-refractivity contribution < 1.29 is 22.0 Å². The number of rotatable bonds is 6. The van der Waals surface area contributed by atoms with Crippen molar-refractivity contribution in [1.82, 2.24) is 15.4 Å². The second-order valence-corrected chi connectivity index (χ2v) is 6.76. The van der Waals surface area contributed by atoms with Crippen LogP contribution in [0.1, 0.15) is 6.42 Å². The number of halogens is 2. The SMILES string of the molecule is O=C(NCCNS(=O)(=O)c1ccccc1)C1CC(F)(F)CN1. The minimum atomic E-state index is -3.63. The zero-order valence-electron chi connectivity index (χ0n) is 11.7. The van der Waals surface area contributed by atoms with Crippen LogP contribution in [0.3, 0.4) is 0 Å². The van der Waals surface area contributed by atoms with E-state index in [-0.39, 0.29) is 18.0 Å². The Morgan fingerprint density at radius 2 is 1.95 bits per heavy atom. The Morgan fingerprint density at radius 1 is 1.27 bits per heavy atom. The zero-order chi connectivity index (χ0) is 16.2. The van der Waals surface area contributed by atoms with Crippen molar-refractivity contribution in [3.63, 3.8) is 0 Å². The van der Waals surface area contributed by atoms with E-state index in [1.165, 1.54) is 12.1 Å². The first kappa shape index (κ1) is 16.8. The van der Waals surface area contributed by atoms with E-state index < -0.39 is 40.9 Å². The van der Waals surface area contributed by atoms with Crippen LogP contribution in [-0.2, 0) is 14.8 Å². The average Bonchev–Trinajstić information content (AvgIpc) is 2.85. The van der Waals surface area contributed by atoms with Gasteiger partial charge in [0.25, 0.3) is 5.92 Å². The molecule has 1 aromatic carbocycles. The van der Waals surface area contributed by atoms with Gasteiger partial charge in [0.1, 0.15) is 0 Å². The Balaban J connectivity index is 1.75. The molecule has 1 amide bonds. The highest BCUT2D eigenvalue weighted by atomic mass is 32.2. The molecule has 1 saturated heterocycles. The predicted molar refractivity (Wildman–Crippen MR) is 76.0 cm³/mol. The van der Waals surface area contributed by atoms with Crippen molar-refractivity contribution in [3.05, 3.63) is 30.3 Å². The van der Waals surface area contributed by atoms with Gasteiger partial charge < -0.3 is 5.32 Å². The van der Waals surface area contributed by atoms with Crippen molar-refractivity contribution >= 4 is 15.9 Å². The molecule has 0 radical (unpaired) electrons. The third-order valence-corrected chi connectivity index (χ3v) is 4.67. The Bertz CT molecular complexity index is 623. The number of benzene rings is 1. The maximum atomic E-state index is 13.0. The molecule has 1 unspecified atom stereocenters. The van der Waals surface area contributed by atoms with Crippen LogP contribution in [0.25, 0.3) is 0 Å². The Kier molecular flexibility index (Phi) is 5.09. The van der Waals surface area contributed by atoms with Gasteiger partial charge in [-0.25, -0.2) is 21.9 Å². The molecule has 0 aliphatic carbocycles. The summed E-state index contributed by atoms with van der Waals surface area (Å²) in [4.78, 5) is 11.8. The smallest absolute Gasteiger partial charge is 0.262 e. The minimum absolute atomic E-state index is 0.0217. The van der Waals surface area contributed by atoms with Crippen molar-refractivity contribution in [3.8, 4) is 0 Å². The van der Waals surface area contributed by atoms with Crippen molar-refractivity contribution in [2.45, 2.75) is 23.3 Å². The number of hydrogen-bond acceptors (Lipinski definition) is 4. The van der Waals surface area contributed by atoms with Crippen LogP contribution in [0.15, 0.2) is 35.2 Å². The first-order valence-electron chi connectivity index (χ1n) is 6.74. The van der Waals surface area contributed by atoms with Crippen LogP contribution in [0, 0.1) is 0 Å². The molecule has 9 heteroatoms. The topological polar surface area (TPSA) is 87.3 Å². The molecule has 0 aromatic heterocycles. The summed E-state index contributed by atoms with van der Waals surface area (Å²) in [6.07, 6.45) is -0.547. The highest BCUT2D eigenvalue weighted by Gasteiger charge is 2.42. The van der Waals surface area contributed by atoms with Gasteiger partial charge in [-0.2, -0.15) is 0 Å². The lowest BCUT2D eigenvalue weighted by atomic mass is 10.2. The minimum Gasteiger partial charge on any atom is -0.353 e. The summed E-state index contributed by atoms with van der Waals surface area (Å²) < 4.78 is 52.0. The second kappa shape index (κ2) is 6.67. The lowest BCUT2D eigenvalue weighted by Crippen LogP contribution is -2.43. The molecular weight excluding hydrogens is 316 g/mol. The molecule has 22 heavy (non-hydrogen) atoms. The van der Waals surface area contributed by atoms with Gasteiger partial charge in [0, 0.05) is 19.5 Å². The maximum absolute atomic E-state index is 13.0. The number of sulfonamides is 1. The molecule has 1 heterocycles. The monoisotopic (exact) mass is 333 g/mol. The van der Waals surface area contributed by atoms with Crippen LogP contribution >= 0.6 is 0 Å². The number of carbonyl (C=O) groups is 1. The van der Waals surface area contributed by atoms with Crippen LogP contribution in [0.5, 0.6) is 0 Å². The van der Waals surface area contributed by atoms with E-state index in [2.05, 4.69) is 15.4 Å². The lowest BCUT2D eigenvalue weighted by molar-refractivity contribution is -0.123. The normalized spacial score (nSPS) is 20.7. The molecule has 1 aromatic rings. The van der Waals surface area contributed by atoms with E-state index in [0.29, 0.717) is 0 Å². The summed E-state index contributed by atoms with van der Waals surface area (Å²) in [6, 6.07) is 6.85. The number of nitrogens with one attached hydrogen (secondary N) is 3. The van der Waals surface area contributed by atoms with E-state index in [0.717, 1.165) is 0 Å². The first-order chi connectivity index (χ1) is 10.3. The average molecular weight is 333 g/mol. The van der Waals surface area contributed by atoms with Crippen LogP contribution < -0.4 is 15.4 Å². The molecular formula is C13H17F2N3O3S. The second-order valence-electron chi connectivity index (χ2n) is 5.00. The zero-order valence-corrected chi connectivity index (χ0v) is 12.5. The maximum Gasteiger partial charge on any atom is 0.262 e. The van der Waals surface area contributed by atoms with Crippen molar-refractivity contribution in [2.75, 3.05) is 19.6 Å². The summed E-state index contributed by atoms with van der Waals surface area (Å²) in [5, 5.41) is 4.85. The quantitative estimate of drug-likeness (QED) is 0.644. The van der Waals surface area contributed by atoms with E-state index in [1.54, 1.807) is 18.2 Å². The summed E-state index contributed by atoms with van der Waals surface area (Å²) >= 11 is 0. The third-order valence-electron chi connectivity index (χ3n) is 3.20. The summed E-state index contributed by atoms with van der Waals surface area (Å²) in [5.41, 5.74) is 0. The molecule has 0 spiro atoms. The van der Waals surface area contributed by atoms with Gasteiger partial charge in [-0.3, -0.25) is 10.1 Å². The Hall–Kier alpha value is -1.58. The van der Waals surface area contributed by atoms with Crippen LogP contribution in [0.4, 0.5) is 8.78 Å². The molecule has 1 atom stereocenters. The largest absolute Gasteiger partial charge is 0.353 e. The van der Waals surface area contributed by atoms with E-state index in [9.17, 15) is 22.0 Å². The Labute approximate surface area is 127 Å². The van der Waals surface area contributed by atoms with Crippen LogP contribution in [-0.4, -0.2) is 45.9 Å². The van der Waals surface area contributed by atoms with E-state index in [1.807, 2.05) is 0 Å². The molecule has 122 valence electrons. The van der Waals surface area contributed by atoms with Gasteiger partial charge in [-0.1, -0.05) is 18.2 Å². The van der Waals surface area contributed by atoms with Gasteiger partial charge in [0.15, 0.2) is 0 Å². The lowest BCUT2D eigenvalue weighted by Gasteiger charge is -2.12. The molecule has 6 nitrogen and oxygen atoms in total. The molecule has 0 bridgehead atoms. The van der Waals surface area contributed by atoms with Crippen molar-refractivity contribution in [2.24, 2.45) is 0 Å². The fraction of sp³-hybridized carbons (Fsp3) is 0.462.